The SMILES string of the molecule is c1ccc(C2(c3ccccc3)C[C@H]3c4ccccc4[C@@H]2c2cccc[n+]23)cc1. The first-order chi connectivity index (χ1) is 13.9. The maximum atomic E-state index is 2.51. The molecule has 0 fully saturated rings. The third-order valence-corrected chi connectivity index (χ3v) is 6.81. The Morgan fingerprint density at radius 3 is 1.86 bits per heavy atom. The molecule has 3 heterocycles. The maximum Gasteiger partial charge on any atom is 0.190 e. The van der Waals surface area contributed by atoms with Gasteiger partial charge in [0.05, 0.1) is 5.92 Å². The van der Waals surface area contributed by atoms with Gasteiger partial charge < -0.3 is 0 Å². The Bertz CT molecular complexity index is 1060. The maximum absolute atomic E-state index is 2.51. The van der Waals surface area contributed by atoms with Gasteiger partial charge in [0, 0.05) is 29.5 Å². The van der Waals surface area contributed by atoms with E-state index < -0.39 is 0 Å². The summed E-state index contributed by atoms with van der Waals surface area (Å²) in [6.07, 6.45) is 3.35. The fraction of sp³-hybridized carbons (Fsp3) is 0.148. The summed E-state index contributed by atoms with van der Waals surface area (Å²) in [5, 5.41) is 0. The summed E-state index contributed by atoms with van der Waals surface area (Å²) < 4.78 is 2.51. The Labute approximate surface area is 165 Å². The van der Waals surface area contributed by atoms with Gasteiger partial charge in [0.1, 0.15) is 0 Å². The van der Waals surface area contributed by atoms with E-state index in [0.29, 0.717) is 12.0 Å². The topological polar surface area (TPSA) is 3.88 Å². The lowest BCUT2D eigenvalue weighted by Crippen LogP contribution is -2.60. The van der Waals surface area contributed by atoms with Crippen molar-refractivity contribution in [1.29, 1.82) is 0 Å². The smallest absolute Gasteiger partial charge is 0.190 e. The summed E-state index contributed by atoms with van der Waals surface area (Å²) in [6.45, 7) is 0. The molecule has 0 spiro atoms. The first-order valence-corrected chi connectivity index (χ1v) is 10.1. The predicted molar refractivity (Wildman–Crippen MR) is 111 cm³/mol. The Hall–Kier alpha value is -3.19. The molecular formula is C27H22N+. The van der Waals surface area contributed by atoms with Crippen LogP contribution in [-0.4, -0.2) is 0 Å². The van der Waals surface area contributed by atoms with E-state index >= 15 is 0 Å². The molecule has 3 aliphatic rings. The minimum absolute atomic E-state index is 0.0527. The minimum atomic E-state index is -0.0527. The van der Waals surface area contributed by atoms with Crippen molar-refractivity contribution in [2.24, 2.45) is 0 Å². The number of rotatable bonds is 2. The van der Waals surface area contributed by atoms with E-state index in [1.54, 1.807) is 0 Å². The van der Waals surface area contributed by atoms with Crippen molar-refractivity contribution in [3.05, 3.63) is 137 Å². The molecule has 4 aromatic rings. The molecule has 7 rings (SSSR count). The van der Waals surface area contributed by atoms with Crippen LogP contribution in [-0.2, 0) is 5.41 Å². The normalized spacial score (nSPS) is 21.0. The molecule has 0 saturated heterocycles. The Morgan fingerprint density at radius 2 is 1.18 bits per heavy atom. The summed E-state index contributed by atoms with van der Waals surface area (Å²) in [7, 11) is 0. The summed E-state index contributed by atoms with van der Waals surface area (Å²) in [5.74, 6) is 0.305. The molecule has 28 heavy (non-hydrogen) atoms. The molecule has 2 aliphatic heterocycles. The highest BCUT2D eigenvalue weighted by atomic mass is 15.0. The lowest BCUT2D eigenvalue weighted by molar-refractivity contribution is -0.732. The molecule has 3 aromatic carbocycles. The highest BCUT2D eigenvalue weighted by Crippen LogP contribution is 2.59. The Morgan fingerprint density at radius 1 is 0.607 bits per heavy atom. The largest absolute Gasteiger partial charge is 0.195 e. The summed E-state index contributed by atoms with van der Waals surface area (Å²) in [5.41, 5.74) is 7.17. The van der Waals surface area contributed by atoms with Gasteiger partial charge in [0.15, 0.2) is 17.9 Å². The predicted octanol–water partition coefficient (Wildman–Crippen LogP) is 5.40. The average molecular weight is 360 g/mol. The quantitative estimate of drug-likeness (QED) is 0.422. The molecule has 134 valence electrons. The van der Waals surface area contributed by atoms with Crippen molar-refractivity contribution >= 4 is 0 Å². The standard InChI is InChI=1S/C27H22N/c1-3-11-20(12-4-1)27(21-13-5-2-6-14-21)19-25-22-15-7-8-16-23(22)26(27)24-17-9-10-18-28(24)25/h1-18,25-26H,19H2/q+1/t25-,26+/m0/s1. The van der Waals surface area contributed by atoms with E-state index in [1.165, 1.54) is 27.9 Å². The van der Waals surface area contributed by atoms with Gasteiger partial charge in [0.2, 0.25) is 0 Å². The number of benzene rings is 3. The first-order valence-electron chi connectivity index (χ1n) is 10.1. The number of hydrogen-bond donors (Lipinski definition) is 0. The number of pyridine rings is 1. The van der Waals surface area contributed by atoms with E-state index in [9.17, 15) is 0 Å². The van der Waals surface area contributed by atoms with Crippen LogP contribution in [0.3, 0.4) is 0 Å². The van der Waals surface area contributed by atoms with Crippen LogP contribution in [0.25, 0.3) is 0 Å². The molecule has 1 nitrogen and oxygen atoms in total. The molecular weight excluding hydrogens is 338 g/mol. The first kappa shape index (κ1) is 15.8. The molecule has 0 unspecified atom stereocenters. The molecule has 1 heteroatoms. The second-order valence-corrected chi connectivity index (χ2v) is 8.02. The molecule has 2 atom stereocenters. The number of fused-ring (bicyclic) bond motifs is 1. The fourth-order valence-electron chi connectivity index (χ4n) is 5.74. The number of aromatic nitrogens is 1. The molecule has 0 radical (unpaired) electrons. The van der Waals surface area contributed by atoms with Crippen molar-refractivity contribution in [2.45, 2.75) is 23.8 Å². The van der Waals surface area contributed by atoms with Crippen molar-refractivity contribution < 1.29 is 4.57 Å². The second kappa shape index (κ2) is 5.90. The van der Waals surface area contributed by atoms with Gasteiger partial charge in [-0.1, -0.05) is 91.0 Å². The molecule has 0 N–H and O–H groups in total. The van der Waals surface area contributed by atoms with Crippen LogP contribution in [0.4, 0.5) is 0 Å². The van der Waals surface area contributed by atoms with Crippen LogP contribution in [0, 0.1) is 0 Å². The Kier molecular flexibility index (Phi) is 3.34. The fourth-order valence-corrected chi connectivity index (χ4v) is 5.74. The number of nitrogens with zero attached hydrogens (tertiary/aromatic N) is 1. The van der Waals surface area contributed by atoms with E-state index in [4.69, 9.17) is 0 Å². The van der Waals surface area contributed by atoms with Crippen LogP contribution >= 0.6 is 0 Å². The van der Waals surface area contributed by atoms with Gasteiger partial charge in [-0.3, -0.25) is 0 Å². The summed E-state index contributed by atoms with van der Waals surface area (Å²) in [6, 6.07) is 38.4. The van der Waals surface area contributed by atoms with Gasteiger partial charge >= 0.3 is 0 Å². The van der Waals surface area contributed by atoms with Crippen molar-refractivity contribution in [3.8, 4) is 0 Å². The summed E-state index contributed by atoms with van der Waals surface area (Å²) >= 11 is 0. The van der Waals surface area contributed by atoms with Gasteiger partial charge in [-0.15, -0.1) is 0 Å². The van der Waals surface area contributed by atoms with Gasteiger partial charge in [-0.05, 0) is 16.7 Å². The van der Waals surface area contributed by atoms with E-state index in [-0.39, 0.29) is 5.41 Å². The molecule has 2 bridgehead atoms. The molecule has 0 amide bonds. The minimum Gasteiger partial charge on any atom is -0.195 e. The zero-order chi connectivity index (χ0) is 18.6. The second-order valence-electron chi connectivity index (χ2n) is 8.02. The lowest BCUT2D eigenvalue weighted by Gasteiger charge is -2.50. The summed E-state index contributed by atoms with van der Waals surface area (Å²) in [4.78, 5) is 0. The van der Waals surface area contributed by atoms with E-state index in [1.807, 2.05) is 0 Å². The van der Waals surface area contributed by atoms with Crippen LogP contribution in [0.1, 0.15) is 46.3 Å². The third-order valence-electron chi connectivity index (χ3n) is 6.81. The van der Waals surface area contributed by atoms with Crippen molar-refractivity contribution in [2.75, 3.05) is 0 Å². The van der Waals surface area contributed by atoms with E-state index in [0.717, 1.165) is 6.42 Å². The van der Waals surface area contributed by atoms with Gasteiger partial charge in [0.25, 0.3) is 0 Å². The third kappa shape index (κ3) is 1.99. The van der Waals surface area contributed by atoms with Gasteiger partial charge in [-0.2, -0.15) is 4.57 Å². The molecule has 1 aliphatic carbocycles. The average Bonchev–Trinajstić information content (AvgIpc) is 2.80. The highest BCUT2D eigenvalue weighted by Gasteiger charge is 2.58. The molecule has 0 saturated carbocycles. The van der Waals surface area contributed by atoms with Crippen LogP contribution in [0.15, 0.2) is 109 Å². The van der Waals surface area contributed by atoms with Crippen molar-refractivity contribution in [1.82, 2.24) is 0 Å². The van der Waals surface area contributed by atoms with Crippen LogP contribution in [0.5, 0.6) is 0 Å². The Balaban J connectivity index is 1.73. The monoisotopic (exact) mass is 360 g/mol. The lowest BCUT2D eigenvalue weighted by atomic mass is 9.53. The van der Waals surface area contributed by atoms with Crippen LogP contribution in [0.2, 0.25) is 0 Å². The zero-order valence-corrected chi connectivity index (χ0v) is 15.7. The van der Waals surface area contributed by atoms with Crippen LogP contribution < -0.4 is 4.57 Å². The molecule has 1 aromatic heterocycles. The number of hydrogen-bond acceptors (Lipinski definition) is 0. The van der Waals surface area contributed by atoms with Crippen molar-refractivity contribution in [3.63, 3.8) is 0 Å². The van der Waals surface area contributed by atoms with Gasteiger partial charge in [-0.25, -0.2) is 0 Å². The zero-order valence-electron chi connectivity index (χ0n) is 15.7. The highest BCUT2D eigenvalue weighted by molar-refractivity contribution is 5.54. The van der Waals surface area contributed by atoms with E-state index in [2.05, 4.69) is 114 Å².